The minimum Gasteiger partial charge on any atom is -0.338 e. The van der Waals surface area contributed by atoms with E-state index in [0.717, 1.165) is 38.9 Å². The predicted molar refractivity (Wildman–Crippen MR) is 95.0 cm³/mol. The Morgan fingerprint density at radius 3 is 3.08 bits per heavy atom. The van der Waals surface area contributed by atoms with E-state index in [0.29, 0.717) is 12.5 Å². The zero-order valence-corrected chi connectivity index (χ0v) is 14.3. The van der Waals surface area contributed by atoms with Gasteiger partial charge in [-0.05, 0) is 37.8 Å². The van der Waals surface area contributed by atoms with Crippen LogP contribution in [0.4, 0.5) is 4.79 Å². The zero-order valence-electron chi connectivity index (χ0n) is 14.3. The van der Waals surface area contributed by atoms with Gasteiger partial charge in [-0.1, -0.05) is 29.8 Å². The van der Waals surface area contributed by atoms with E-state index in [4.69, 9.17) is 0 Å². The first-order valence-electron chi connectivity index (χ1n) is 8.79. The second-order valence-corrected chi connectivity index (χ2v) is 6.55. The zero-order chi connectivity index (χ0) is 16.8. The van der Waals surface area contributed by atoms with Gasteiger partial charge in [0.2, 0.25) is 0 Å². The molecule has 0 radical (unpaired) electrons. The largest absolute Gasteiger partial charge is 0.338 e. The average molecular weight is 326 g/mol. The number of piperidine rings is 1. The average Bonchev–Trinajstić information content (AvgIpc) is 3.12. The number of hydrogen-bond acceptors (Lipinski definition) is 2. The van der Waals surface area contributed by atoms with Gasteiger partial charge in [0.1, 0.15) is 0 Å². The summed E-state index contributed by atoms with van der Waals surface area (Å²) in [4.78, 5) is 14.4. The summed E-state index contributed by atoms with van der Waals surface area (Å²) in [6.07, 6.45) is 6.84. The predicted octanol–water partition coefficient (Wildman–Crippen LogP) is 3.17. The van der Waals surface area contributed by atoms with Gasteiger partial charge in [-0.25, -0.2) is 4.79 Å². The molecule has 1 N–H and O–H groups in total. The molecular weight excluding hydrogens is 300 g/mol. The number of nitrogens with zero attached hydrogens (tertiary/aromatic N) is 3. The molecule has 128 valence electrons. The molecule has 1 aromatic carbocycles. The Labute approximate surface area is 143 Å². The summed E-state index contributed by atoms with van der Waals surface area (Å²) in [5.74, 6) is 0.452. The van der Waals surface area contributed by atoms with E-state index in [1.165, 1.54) is 11.1 Å². The summed E-state index contributed by atoms with van der Waals surface area (Å²) in [7, 11) is 0. The number of benzene rings is 1. The molecule has 2 heterocycles. The molecule has 0 aliphatic carbocycles. The number of carbonyl (C=O) groups excluding carboxylic acids is 1. The van der Waals surface area contributed by atoms with Crippen molar-refractivity contribution in [3.8, 4) is 0 Å². The first kappa shape index (κ1) is 16.6. The fourth-order valence-electron chi connectivity index (χ4n) is 3.34. The molecule has 0 saturated carbocycles. The van der Waals surface area contributed by atoms with Crippen LogP contribution >= 0.6 is 0 Å². The maximum atomic E-state index is 12.4. The van der Waals surface area contributed by atoms with Gasteiger partial charge in [0, 0.05) is 44.5 Å². The third kappa shape index (κ3) is 4.37. The van der Waals surface area contributed by atoms with Crippen LogP contribution in [0.5, 0.6) is 0 Å². The van der Waals surface area contributed by atoms with Crippen LogP contribution in [0, 0.1) is 6.92 Å². The van der Waals surface area contributed by atoms with Crippen LogP contribution < -0.4 is 5.32 Å². The van der Waals surface area contributed by atoms with Gasteiger partial charge in [-0.15, -0.1) is 0 Å². The lowest BCUT2D eigenvalue weighted by Crippen LogP contribution is -2.45. The normalized spacial score (nSPS) is 17.7. The van der Waals surface area contributed by atoms with Crippen LogP contribution in [0.1, 0.15) is 36.3 Å². The summed E-state index contributed by atoms with van der Waals surface area (Å²) in [5, 5.41) is 7.21. The molecule has 1 saturated heterocycles. The number of hydrogen-bond donors (Lipinski definition) is 1. The number of rotatable bonds is 5. The number of aryl methyl sites for hydroxylation is 2. The van der Waals surface area contributed by atoms with Gasteiger partial charge < -0.3 is 10.2 Å². The van der Waals surface area contributed by atoms with Gasteiger partial charge in [0.25, 0.3) is 0 Å². The van der Waals surface area contributed by atoms with E-state index in [2.05, 4.69) is 41.6 Å². The number of carbonyl (C=O) groups is 1. The van der Waals surface area contributed by atoms with E-state index in [1.807, 2.05) is 21.8 Å². The van der Waals surface area contributed by atoms with Crippen molar-refractivity contribution in [3.05, 3.63) is 53.9 Å². The van der Waals surface area contributed by atoms with E-state index >= 15 is 0 Å². The highest BCUT2D eigenvalue weighted by Crippen LogP contribution is 2.27. The second kappa shape index (κ2) is 7.99. The highest BCUT2D eigenvalue weighted by molar-refractivity contribution is 5.74. The Morgan fingerprint density at radius 2 is 2.29 bits per heavy atom. The van der Waals surface area contributed by atoms with Crippen LogP contribution in [-0.2, 0) is 6.54 Å². The van der Waals surface area contributed by atoms with Gasteiger partial charge in [-0.2, -0.15) is 5.10 Å². The van der Waals surface area contributed by atoms with Crippen LogP contribution in [0.3, 0.4) is 0 Å². The summed E-state index contributed by atoms with van der Waals surface area (Å²) < 4.78 is 1.89. The second-order valence-electron chi connectivity index (χ2n) is 6.55. The smallest absolute Gasteiger partial charge is 0.317 e. The van der Waals surface area contributed by atoms with Crippen LogP contribution in [0.15, 0.2) is 42.7 Å². The Balaban J connectivity index is 1.46. The molecule has 1 aliphatic rings. The molecule has 0 bridgehead atoms. The fraction of sp³-hybridized carbons (Fsp3) is 0.474. The lowest BCUT2D eigenvalue weighted by atomic mass is 9.90. The van der Waals surface area contributed by atoms with E-state index in [1.54, 1.807) is 6.20 Å². The van der Waals surface area contributed by atoms with Crippen molar-refractivity contribution in [2.24, 2.45) is 0 Å². The van der Waals surface area contributed by atoms with Crippen LogP contribution in [-0.4, -0.2) is 40.3 Å². The topological polar surface area (TPSA) is 50.2 Å². The highest BCUT2D eigenvalue weighted by atomic mass is 16.2. The SMILES string of the molecule is Cc1cccc([C@H]2CCCN(C(=O)NCCCn3cccn3)C2)c1. The summed E-state index contributed by atoms with van der Waals surface area (Å²) in [6.45, 7) is 5.31. The number of amides is 2. The van der Waals surface area contributed by atoms with Crippen molar-refractivity contribution < 1.29 is 4.79 Å². The molecule has 24 heavy (non-hydrogen) atoms. The summed E-state index contributed by atoms with van der Waals surface area (Å²) in [5.41, 5.74) is 2.64. The molecule has 0 unspecified atom stereocenters. The third-order valence-corrected chi connectivity index (χ3v) is 4.62. The molecule has 5 nitrogen and oxygen atoms in total. The number of urea groups is 1. The Hall–Kier alpha value is -2.30. The highest BCUT2D eigenvalue weighted by Gasteiger charge is 2.24. The van der Waals surface area contributed by atoms with Crippen molar-refractivity contribution in [1.82, 2.24) is 20.0 Å². The van der Waals surface area contributed by atoms with E-state index in [9.17, 15) is 4.79 Å². The molecule has 1 aliphatic heterocycles. The monoisotopic (exact) mass is 326 g/mol. The molecule has 0 spiro atoms. The van der Waals surface area contributed by atoms with Gasteiger partial charge >= 0.3 is 6.03 Å². The Kier molecular flexibility index (Phi) is 5.51. The lowest BCUT2D eigenvalue weighted by molar-refractivity contribution is 0.179. The summed E-state index contributed by atoms with van der Waals surface area (Å²) in [6, 6.07) is 10.6. The Morgan fingerprint density at radius 1 is 1.38 bits per heavy atom. The summed E-state index contributed by atoms with van der Waals surface area (Å²) >= 11 is 0. The quantitative estimate of drug-likeness (QED) is 0.858. The molecule has 5 heteroatoms. The maximum absolute atomic E-state index is 12.4. The van der Waals surface area contributed by atoms with E-state index < -0.39 is 0 Å². The minimum absolute atomic E-state index is 0.0628. The van der Waals surface area contributed by atoms with Gasteiger partial charge in [0.15, 0.2) is 0 Å². The van der Waals surface area contributed by atoms with Crippen molar-refractivity contribution in [1.29, 1.82) is 0 Å². The number of aromatic nitrogens is 2. The van der Waals surface area contributed by atoms with Crippen molar-refractivity contribution in [2.45, 2.75) is 38.6 Å². The van der Waals surface area contributed by atoms with Crippen molar-refractivity contribution >= 4 is 6.03 Å². The number of nitrogens with one attached hydrogen (secondary N) is 1. The first-order valence-corrected chi connectivity index (χ1v) is 8.79. The fourth-order valence-corrected chi connectivity index (χ4v) is 3.34. The van der Waals surface area contributed by atoms with E-state index in [-0.39, 0.29) is 6.03 Å². The molecule has 1 aromatic heterocycles. The molecule has 2 aromatic rings. The minimum atomic E-state index is 0.0628. The van der Waals surface area contributed by atoms with Gasteiger partial charge in [-0.3, -0.25) is 4.68 Å². The first-order chi connectivity index (χ1) is 11.7. The molecule has 1 fully saturated rings. The van der Waals surface area contributed by atoms with Crippen molar-refractivity contribution in [2.75, 3.05) is 19.6 Å². The lowest BCUT2D eigenvalue weighted by Gasteiger charge is -2.33. The third-order valence-electron chi connectivity index (χ3n) is 4.62. The molecular formula is C19H26N4O. The number of likely N-dealkylation sites (tertiary alicyclic amines) is 1. The van der Waals surface area contributed by atoms with Crippen LogP contribution in [0.2, 0.25) is 0 Å². The maximum Gasteiger partial charge on any atom is 0.317 e. The standard InChI is InChI=1S/C19H26N4O/c1-16-6-2-7-17(14-16)18-8-3-11-22(15-18)19(24)20-9-4-12-23-13-5-10-21-23/h2,5-7,10,13-14,18H,3-4,8-9,11-12,15H2,1H3,(H,20,24)/t18-/m0/s1. The van der Waals surface area contributed by atoms with Crippen molar-refractivity contribution in [3.63, 3.8) is 0 Å². The van der Waals surface area contributed by atoms with Gasteiger partial charge in [0.05, 0.1) is 0 Å². The Bertz CT molecular complexity index is 653. The molecule has 1 atom stereocenters. The molecule has 3 rings (SSSR count). The molecule has 2 amide bonds. The van der Waals surface area contributed by atoms with Crippen LogP contribution in [0.25, 0.3) is 0 Å².